The van der Waals surface area contributed by atoms with Crippen LogP contribution >= 0.6 is 0 Å². The Morgan fingerprint density at radius 3 is 2.53 bits per heavy atom. The summed E-state index contributed by atoms with van der Waals surface area (Å²) in [5, 5.41) is 6.11. The molecular formula is C12H20N4O3. The third-order valence-electron chi connectivity index (χ3n) is 2.28. The molecule has 0 bridgehead atoms. The topological polar surface area (TPSA) is 85.4 Å². The Labute approximate surface area is 112 Å². The average molecular weight is 268 g/mol. The van der Waals surface area contributed by atoms with Crippen LogP contribution in [0.1, 0.15) is 20.3 Å². The van der Waals surface area contributed by atoms with Crippen molar-refractivity contribution in [1.29, 1.82) is 0 Å². The number of carbonyl (C=O) groups is 1. The number of anilines is 2. The van der Waals surface area contributed by atoms with Gasteiger partial charge in [-0.25, -0.2) is 9.97 Å². The molecule has 0 aliphatic rings. The van der Waals surface area contributed by atoms with Crippen molar-refractivity contribution in [2.45, 2.75) is 20.3 Å². The van der Waals surface area contributed by atoms with E-state index in [1.807, 2.05) is 6.92 Å². The molecule has 19 heavy (non-hydrogen) atoms. The Kier molecular flexibility index (Phi) is 6.42. The van der Waals surface area contributed by atoms with Gasteiger partial charge in [-0.3, -0.25) is 4.79 Å². The van der Waals surface area contributed by atoms with Gasteiger partial charge in [-0.15, -0.1) is 0 Å². The minimum atomic E-state index is -0.241. The number of nitrogens with one attached hydrogen (secondary N) is 2. The summed E-state index contributed by atoms with van der Waals surface area (Å²) in [5.41, 5.74) is 0. The lowest BCUT2D eigenvalue weighted by Gasteiger charge is -2.13. The third kappa shape index (κ3) is 4.61. The Morgan fingerprint density at radius 2 is 1.95 bits per heavy atom. The van der Waals surface area contributed by atoms with Crippen LogP contribution in [0.25, 0.3) is 0 Å². The van der Waals surface area contributed by atoms with Gasteiger partial charge in [-0.1, -0.05) is 0 Å². The number of hydrogen-bond donors (Lipinski definition) is 2. The molecule has 7 heteroatoms. The van der Waals surface area contributed by atoms with Crippen LogP contribution in [0.2, 0.25) is 0 Å². The predicted octanol–water partition coefficient (Wildman–Crippen LogP) is 1.28. The quantitative estimate of drug-likeness (QED) is 0.687. The van der Waals surface area contributed by atoms with Gasteiger partial charge < -0.3 is 20.1 Å². The van der Waals surface area contributed by atoms with Gasteiger partial charge in [0.05, 0.1) is 20.1 Å². The first-order valence-corrected chi connectivity index (χ1v) is 6.25. The van der Waals surface area contributed by atoms with Crippen LogP contribution in [0.5, 0.6) is 5.75 Å². The summed E-state index contributed by atoms with van der Waals surface area (Å²) in [4.78, 5) is 19.4. The lowest BCUT2D eigenvalue weighted by Crippen LogP contribution is -2.13. The molecule has 0 aromatic carbocycles. The summed E-state index contributed by atoms with van der Waals surface area (Å²) in [6, 6.07) is 0. The van der Waals surface area contributed by atoms with Crippen LogP contribution in [0.4, 0.5) is 11.6 Å². The van der Waals surface area contributed by atoms with E-state index in [2.05, 4.69) is 20.6 Å². The van der Waals surface area contributed by atoms with Crippen molar-refractivity contribution in [3.63, 3.8) is 0 Å². The zero-order valence-corrected chi connectivity index (χ0v) is 11.5. The van der Waals surface area contributed by atoms with E-state index in [1.165, 1.54) is 6.33 Å². The smallest absolute Gasteiger partial charge is 0.307 e. The highest BCUT2D eigenvalue weighted by Crippen LogP contribution is 2.28. The molecule has 0 saturated heterocycles. The summed E-state index contributed by atoms with van der Waals surface area (Å²) in [5.74, 6) is 1.47. The first kappa shape index (κ1) is 15.0. The number of aromatic nitrogens is 2. The van der Waals surface area contributed by atoms with E-state index in [1.54, 1.807) is 14.0 Å². The second-order valence-electron chi connectivity index (χ2n) is 3.62. The number of carbonyl (C=O) groups excluding carboxylic acids is 1. The van der Waals surface area contributed by atoms with E-state index in [-0.39, 0.29) is 12.4 Å². The van der Waals surface area contributed by atoms with Crippen molar-refractivity contribution in [3.8, 4) is 5.75 Å². The van der Waals surface area contributed by atoms with Gasteiger partial charge in [0.25, 0.3) is 0 Å². The summed E-state index contributed by atoms with van der Waals surface area (Å²) in [6.07, 6.45) is 1.71. The van der Waals surface area contributed by atoms with Gasteiger partial charge in [-0.05, 0) is 13.8 Å². The molecule has 0 fully saturated rings. The van der Waals surface area contributed by atoms with E-state index in [9.17, 15) is 4.79 Å². The van der Waals surface area contributed by atoms with Gasteiger partial charge in [0.1, 0.15) is 6.33 Å². The Morgan fingerprint density at radius 1 is 1.26 bits per heavy atom. The normalized spacial score (nSPS) is 9.84. The molecule has 0 radical (unpaired) electrons. The molecule has 0 saturated carbocycles. The highest BCUT2D eigenvalue weighted by atomic mass is 16.5. The molecule has 0 spiro atoms. The standard InChI is InChI=1S/C12H20N4O3/c1-4-13-11-10(18-3)12(16-8-15-11)14-7-6-9(17)19-5-2/h8H,4-7H2,1-3H3,(H2,13,14,15,16). The number of rotatable bonds is 8. The van der Waals surface area contributed by atoms with Crippen molar-refractivity contribution < 1.29 is 14.3 Å². The van der Waals surface area contributed by atoms with Gasteiger partial charge in [-0.2, -0.15) is 0 Å². The number of hydrogen-bond acceptors (Lipinski definition) is 7. The van der Waals surface area contributed by atoms with Crippen molar-refractivity contribution in [2.75, 3.05) is 37.4 Å². The first-order chi connectivity index (χ1) is 9.22. The van der Waals surface area contributed by atoms with E-state index in [0.717, 1.165) is 6.54 Å². The van der Waals surface area contributed by atoms with Crippen LogP contribution in [-0.4, -0.2) is 42.7 Å². The van der Waals surface area contributed by atoms with E-state index >= 15 is 0 Å². The lowest BCUT2D eigenvalue weighted by atomic mass is 10.4. The van der Waals surface area contributed by atoms with E-state index < -0.39 is 0 Å². The number of methoxy groups -OCH3 is 1. The second-order valence-corrected chi connectivity index (χ2v) is 3.62. The predicted molar refractivity (Wildman–Crippen MR) is 72.5 cm³/mol. The zero-order chi connectivity index (χ0) is 14.1. The lowest BCUT2D eigenvalue weighted by molar-refractivity contribution is -0.142. The SMILES string of the molecule is CCNc1ncnc(NCCC(=O)OCC)c1OC. The molecule has 2 N–H and O–H groups in total. The van der Waals surface area contributed by atoms with E-state index in [0.29, 0.717) is 30.5 Å². The van der Waals surface area contributed by atoms with Crippen molar-refractivity contribution in [1.82, 2.24) is 9.97 Å². The molecule has 0 amide bonds. The number of ether oxygens (including phenoxy) is 2. The molecule has 1 heterocycles. The zero-order valence-electron chi connectivity index (χ0n) is 11.5. The molecule has 1 rings (SSSR count). The summed E-state index contributed by atoms with van der Waals surface area (Å²) < 4.78 is 10.1. The Balaban J connectivity index is 2.62. The van der Waals surface area contributed by atoms with Crippen LogP contribution in [0, 0.1) is 0 Å². The van der Waals surface area contributed by atoms with Crippen LogP contribution in [-0.2, 0) is 9.53 Å². The van der Waals surface area contributed by atoms with Crippen LogP contribution in [0.3, 0.4) is 0 Å². The van der Waals surface area contributed by atoms with Crippen LogP contribution in [0.15, 0.2) is 6.33 Å². The minimum Gasteiger partial charge on any atom is -0.490 e. The fourth-order valence-electron chi connectivity index (χ4n) is 1.50. The molecule has 1 aromatic rings. The third-order valence-corrected chi connectivity index (χ3v) is 2.28. The molecule has 0 aliphatic heterocycles. The summed E-state index contributed by atoms with van der Waals surface area (Å²) in [6.45, 7) is 5.30. The Hall–Kier alpha value is -2.05. The highest BCUT2D eigenvalue weighted by Gasteiger charge is 2.11. The maximum absolute atomic E-state index is 11.2. The molecule has 1 aromatic heterocycles. The monoisotopic (exact) mass is 268 g/mol. The summed E-state index contributed by atoms with van der Waals surface area (Å²) in [7, 11) is 1.55. The summed E-state index contributed by atoms with van der Waals surface area (Å²) >= 11 is 0. The van der Waals surface area contributed by atoms with Gasteiger partial charge >= 0.3 is 5.97 Å². The van der Waals surface area contributed by atoms with Crippen molar-refractivity contribution >= 4 is 17.6 Å². The van der Waals surface area contributed by atoms with Crippen LogP contribution < -0.4 is 15.4 Å². The van der Waals surface area contributed by atoms with Gasteiger partial charge in [0.15, 0.2) is 11.6 Å². The van der Waals surface area contributed by atoms with E-state index in [4.69, 9.17) is 9.47 Å². The van der Waals surface area contributed by atoms with Crippen molar-refractivity contribution in [2.24, 2.45) is 0 Å². The number of nitrogens with zero attached hydrogens (tertiary/aromatic N) is 2. The minimum absolute atomic E-state index is 0.241. The molecule has 0 atom stereocenters. The van der Waals surface area contributed by atoms with Gasteiger partial charge in [0.2, 0.25) is 5.75 Å². The fraction of sp³-hybridized carbons (Fsp3) is 0.583. The first-order valence-electron chi connectivity index (χ1n) is 6.25. The maximum Gasteiger partial charge on any atom is 0.307 e. The van der Waals surface area contributed by atoms with Gasteiger partial charge in [0, 0.05) is 13.1 Å². The average Bonchev–Trinajstić information content (AvgIpc) is 2.40. The van der Waals surface area contributed by atoms with Crippen molar-refractivity contribution in [3.05, 3.63) is 6.33 Å². The highest BCUT2D eigenvalue weighted by molar-refractivity contribution is 5.70. The molecule has 7 nitrogen and oxygen atoms in total. The molecule has 106 valence electrons. The maximum atomic E-state index is 11.2. The fourth-order valence-corrected chi connectivity index (χ4v) is 1.50. The molecular weight excluding hydrogens is 248 g/mol. The molecule has 0 aliphatic carbocycles. The largest absolute Gasteiger partial charge is 0.490 e. The second kappa shape index (κ2) is 8.12. The molecule has 0 unspecified atom stereocenters. The number of esters is 1. The Bertz CT molecular complexity index is 412.